The Bertz CT molecular complexity index is 294. The zero-order valence-electron chi connectivity index (χ0n) is 9.16. The minimum Gasteiger partial charge on any atom is -0.387 e. The Kier molecular flexibility index (Phi) is 5.26. The van der Waals surface area contributed by atoms with Crippen molar-refractivity contribution in [3.63, 3.8) is 0 Å². The van der Waals surface area contributed by atoms with E-state index in [1.54, 1.807) is 11.3 Å². The maximum Gasteiger partial charge on any atom is 0.0922 e. The molecule has 86 valence electrons. The van der Waals surface area contributed by atoms with Crippen molar-refractivity contribution in [1.82, 2.24) is 0 Å². The minimum atomic E-state index is -0.412. The van der Waals surface area contributed by atoms with Crippen LogP contribution in [0.4, 0.5) is 0 Å². The van der Waals surface area contributed by atoms with Crippen molar-refractivity contribution in [2.24, 2.45) is 11.7 Å². The lowest BCUT2D eigenvalue weighted by atomic mass is 9.96. The van der Waals surface area contributed by atoms with Gasteiger partial charge >= 0.3 is 0 Å². The smallest absolute Gasteiger partial charge is 0.0922 e. The summed E-state index contributed by atoms with van der Waals surface area (Å²) in [6, 6.07) is 2.04. The van der Waals surface area contributed by atoms with Gasteiger partial charge in [0.1, 0.15) is 0 Å². The Hall–Kier alpha value is 0.1000. The Balaban J connectivity index is 2.77. The van der Waals surface area contributed by atoms with E-state index in [1.165, 1.54) is 5.56 Å². The molecule has 0 saturated heterocycles. The largest absolute Gasteiger partial charge is 0.387 e. The van der Waals surface area contributed by atoms with Gasteiger partial charge < -0.3 is 10.8 Å². The standard InChI is InChI=1S/C11H18BrNOS/c1-3-4-8(6-13)10(14)9-5-7(2)11(12)15-9/h5,8,10,14H,3-4,6,13H2,1-2H3. The Morgan fingerprint density at radius 2 is 2.27 bits per heavy atom. The lowest BCUT2D eigenvalue weighted by Gasteiger charge is -2.19. The molecule has 0 aliphatic heterocycles. The van der Waals surface area contributed by atoms with Crippen LogP contribution in [0.1, 0.15) is 36.3 Å². The van der Waals surface area contributed by atoms with Gasteiger partial charge in [0.05, 0.1) is 9.89 Å². The summed E-state index contributed by atoms with van der Waals surface area (Å²) in [5.74, 6) is 0.181. The van der Waals surface area contributed by atoms with Gasteiger partial charge in [0.2, 0.25) is 0 Å². The summed E-state index contributed by atoms with van der Waals surface area (Å²) in [4.78, 5) is 1.02. The molecule has 1 rings (SSSR count). The van der Waals surface area contributed by atoms with Crippen LogP contribution >= 0.6 is 27.3 Å². The number of aliphatic hydroxyl groups excluding tert-OH is 1. The van der Waals surface area contributed by atoms with Gasteiger partial charge in [-0.3, -0.25) is 0 Å². The summed E-state index contributed by atoms with van der Waals surface area (Å²) >= 11 is 5.07. The van der Waals surface area contributed by atoms with Crippen LogP contribution in [0.15, 0.2) is 9.85 Å². The van der Waals surface area contributed by atoms with Crippen molar-refractivity contribution >= 4 is 27.3 Å². The molecule has 0 aliphatic rings. The van der Waals surface area contributed by atoms with Crippen molar-refractivity contribution in [1.29, 1.82) is 0 Å². The van der Waals surface area contributed by atoms with Crippen LogP contribution in [-0.2, 0) is 0 Å². The second-order valence-corrected chi connectivity index (χ2v) is 6.24. The predicted octanol–water partition coefficient (Wildman–Crippen LogP) is 3.23. The van der Waals surface area contributed by atoms with Crippen LogP contribution in [0.2, 0.25) is 0 Å². The van der Waals surface area contributed by atoms with E-state index in [1.807, 2.05) is 13.0 Å². The van der Waals surface area contributed by atoms with Crippen molar-refractivity contribution in [2.75, 3.05) is 6.54 Å². The fourth-order valence-electron chi connectivity index (χ4n) is 1.64. The zero-order valence-corrected chi connectivity index (χ0v) is 11.6. The Labute approximate surface area is 104 Å². The Morgan fingerprint density at radius 1 is 1.60 bits per heavy atom. The number of nitrogens with two attached hydrogens (primary N) is 1. The number of aliphatic hydroxyl groups is 1. The lowest BCUT2D eigenvalue weighted by Crippen LogP contribution is -2.21. The van der Waals surface area contributed by atoms with E-state index < -0.39 is 6.10 Å². The minimum absolute atomic E-state index is 0.181. The number of thiophene rings is 1. The van der Waals surface area contributed by atoms with E-state index in [0.29, 0.717) is 6.54 Å². The maximum absolute atomic E-state index is 10.2. The van der Waals surface area contributed by atoms with Crippen LogP contribution < -0.4 is 5.73 Å². The van der Waals surface area contributed by atoms with Gasteiger partial charge in [0.15, 0.2) is 0 Å². The second-order valence-electron chi connectivity index (χ2n) is 3.83. The first-order valence-corrected chi connectivity index (χ1v) is 6.85. The first-order valence-electron chi connectivity index (χ1n) is 5.24. The third kappa shape index (κ3) is 3.28. The summed E-state index contributed by atoms with van der Waals surface area (Å²) in [6.07, 6.45) is 1.63. The average Bonchev–Trinajstić information content (AvgIpc) is 2.55. The van der Waals surface area contributed by atoms with E-state index in [0.717, 1.165) is 21.5 Å². The average molecular weight is 292 g/mol. The highest BCUT2D eigenvalue weighted by molar-refractivity contribution is 9.11. The lowest BCUT2D eigenvalue weighted by molar-refractivity contribution is 0.110. The zero-order chi connectivity index (χ0) is 11.4. The van der Waals surface area contributed by atoms with E-state index in [9.17, 15) is 5.11 Å². The molecule has 2 unspecified atom stereocenters. The number of aryl methyl sites for hydroxylation is 1. The first-order chi connectivity index (χ1) is 7.10. The van der Waals surface area contributed by atoms with Gasteiger partial charge in [0, 0.05) is 10.8 Å². The van der Waals surface area contributed by atoms with Crippen LogP contribution in [-0.4, -0.2) is 11.7 Å². The molecule has 15 heavy (non-hydrogen) atoms. The summed E-state index contributed by atoms with van der Waals surface area (Å²) in [6.45, 7) is 4.70. The third-order valence-corrected chi connectivity index (χ3v) is 4.78. The van der Waals surface area contributed by atoms with Gasteiger partial charge in [-0.2, -0.15) is 0 Å². The number of rotatable bonds is 5. The molecule has 1 aromatic rings. The molecular weight excluding hydrogens is 274 g/mol. The summed E-state index contributed by atoms with van der Waals surface area (Å²) in [5.41, 5.74) is 6.86. The molecular formula is C11H18BrNOS. The van der Waals surface area contributed by atoms with E-state index in [4.69, 9.17) is 5.73 Å². The van der Waals surface area contributed by atoms with Crippen LogP contribution in [0, 0.1) is 12.8 Å². The highest BCUT2D eigenvalue weighted by Gasteiger charge is 2.21. The second kappa shape index (κ2) is 5.99. The van der Waals surface area contributed by atoms with E-state index in [2.05, 4.69) is 22.9 Å². The summed E-state index contributed by atoms with van der Waals surface area (Å²) in [7, 11) is 0. The fraction of sp³-hybridized carbons (Fsp3) is 0.636. The molecule has 2 nitrogen and oxygen atoms in total. The monoisotopic (exact) mass is 291 g/mol. The molecule has 0 spiro atoms. The van der Waals surface area contributed by atoms with Crippen LogP contribution in [0.25, 0.3) is 0 Å². The predicted molar refractivity (Wildman–Crippen MR) is 69.2 cm³/mol. The van der Waals surface area contributed by atoms with Gasteiger partial charge in [-0.1, -0.05) is 13.3 Å². The quantitative estimate of drug-likeness (QED) is 0.875. The highest BCUT2D eigenvalue weighted by Crippen LogP contribution is 2.35. The van der Waals surface area contributed by atoms with Crippen LogP contribution in [0.5, 0.6) is 0 Å². The van der Waals surface area contributed by atoms with Gasteiger partial charge in [-0.25, -0.2) is 0 Å². The van der Waals surface area contributed by atoms with Crippen molar-refractivity contribution < 1.29 is 5.11 Å². The maximum atomic E-state index is 10.2. The topological polar surface area (TPSA) is 46.2 Å². The van der Waals surface area contributed by atoms with Gasteiger partial charge in [-0.05, 0) is 47.4 Å². The molecule has 0 saturated carbocycles. The molecule has 2 atom stereocenters. The molecule has 0 radical (unpaired) electrons. The molecule has 4 heteroatoms. The summed E-state index contributed by atoms with van der Waals surface area (Å²) < 4.78 is 1.10. The number of hydrogen-bond donors (Lipinski definition) is 2. The molecule has 0 aliphatic carbocycles. The fourth-order valence-corrected chi connectivity index (χ4v) is 3.29. The molecule has 0 amide bonds. The van der Waals surface area contributed by atoms with Crippen molar-refractivity contribution in [3.05, 3.63) is 20.3 Å². The molecule has 0 aromatic carbocycles. The molecule has 3 N–H and O–H groups in total. The van der Waals surface area contributed by atoms with Crippen molar-refractivity contribution in [2.45, 2.75) is 32.8 Å². The number of hydrogen-bond acceptors (Lipinski definition) is 3. The Morgan fingerprint density at radius 3 is 2.67 bits per heavy atom. The third-order valence-electron chi connectivity index (χ3n) is 2.58. The van der Waals surface area contributed by atoms with Gasteiger partial charge in [-0.15, -0.1) is 11.3 Å². The van der Waals surface area contributed by atoms with Crippen molar-refractivity contribution in [3.8, 4) is 0 Å². The highest BCUT2D eigenvalue weighted by atomic mass is 79.9. The van der Waals surface area contributed by atoms with E-state index >= 15 is 0 Å². The SMILES string of the molecule is CCCC(CN)C(O)c1cc(C)c(Br)s1. The molecule has 0 bridgehead atoms. The normalized spacial score (nSPS) is 15.3. The first kappa shape index (κ1) is 13.2. The van der Waals surface area contributed by atoms with E-state index in [-0.39, 0.29) is 5.92 Å². The molecule has 0 fully saturated rings. The number of halogens is 1. The van der Waals surface area contributed by atoms with Crippen LogP contribution in [0.3, 0.4) is 0 Å². The molecule has 1 aromatic heterocycles. The molecule has 1 heterocycles. The summed E-state index contributed by atoms with van der Waals surface area (Å²) in [5, 5.41) is 10.2. The van der Waals surface area contributed by atoms with Gasteiger partial charge in [0.25, 0.3) is 0 Å².